The summed E-state index contributed by atoms with van der Waals surface area (Å²) in [7, 11) is 0. The Morgan fingerprint density at radius 1 is 0.949 bits per heavy atom. The molecule has 3 N–H and O–H groups in total. The van der Waals surface area contributed by atoms with Gasteiger partial charge in [0.2, 0.25) is 0 Å². The van der Waals surface area contributed by atoms with Gasteiger partial charge < -0.3 is 15.6 Å². The van der Waals surface area contributed by atoms with Gasteiger partial charge in [-0.2, -0.15) is 26.3 Å². The summed E-state index contributed by atoms with van der Waals surface area (Å²) in [6.45, 7) is 0.479. The number of nitrogens with zero attached hydrogens (tertiary/aromatic N) is 1. The quantitative estimate of drug-likeness (QED) is 0.409. The number of piperidine rings is 2. The van der Waals surface area contributed by atoms with E-state index in [1.165, 1.54) is 12.1 Å². The third-order valence-electron chi connectivity index (χ3n) is 8.68. The summed E-state index contributed by atoms with van der Waals surface area (Å²) >= 11 is 0. The number of fused-ring (bicyclic) bond motifs is 3. The van der Waals surface area contributed by atoms with E-state index in [0.29, 0.717) is 37.6 Å². The molecule has 2 aromatic carbocycles. The fourth-order valence-electron chi connectivity index (χ4n) is 6.79. The number of benzene rings is 2. The van der Waals surface area contributed by atoms with E-state index in [9.17, 15) is 36.2 Å². The van der Waals surface area contributed by atoms with Crippen molar-refractivity contribution < 1.29 is 41.0 Å². The second-order valence-corrected chi connectivity index (χ2v) is 11.3. The van der Waals surface area contributed by atoms with Crippen LogP contribution in [-0.4, -0.2) is 46.4 Å². The summed E-state index contributed by atoms with van der Waals surface area (Å²) in [5.41, 5.74) is 6.09. The number of halogens is 6. The van der Waals surface area contributed by atoms with Gasteiger partial charge in [0.25, 0.3) is 0 Å². The minimum absolute atomic E-state index is 0.00104. The van der Waals surface area contributed by atoms with Gasteiger partial charge in [-0.25, -0.2) is 0 Å². The number of carboxylic acids is 1. The van der Waals surface area contributed by atoms with Gasteiger partial charge in [0.15, 0.2) is 0 Å². The van der Waals surface area contributed by atoms with E-state index in [1.54, 1.807) is 18.2 Å². The maximum atomic E-state index is 14.2. The molecule has 2 saturated heterocycles. The molecule has 1 aliphatic carbocycles. The van der Waals surface area contributed by atoms with Gasteiger partial charge in [0.1, 0.15) is 11.3 Å². The maximum Gasteiger partial charge on any atom is 0.420 e. The average molecular weight is 559 g/mol. The normalized spacial score (nSPS) is 30.3. The molecule has 11 heteroatoms. The average Bonchev–Trinajstić information content (AvgIpc) is 2.83. The first-order valence-corrected chi connectivity index (χ1v) is 13.4. The molecule has 5 rings (SSSR count). The molecule has 3 aliphatic rings. The zero-order chi connectivity index (χ0) is 28.1. The number of nitrogens with two attached hydrogens (primary N) is 1. The van der Waals surface area contributed by atoms with Crippen molar-refractivity contribution in [2.24, 2.45) is 17.6 Å². The third-order valence-corrected chi connectivity index (χ3v) is 8.68. The molecule has 1 saturated carbocycles. The molecule has 2 aliphatic heterocycles. The number of carbonyl (C=O) groups is 1. The zero-order valence-corrected chi connectivity index (χ0v) is 21.3. The molecular formula is C28H32F6N2O3. The Hall–Kier alpha value is -2.53. The Morgan fingerprint density at radius 2 is 1.59 bits per heavy atom. The maximum absolute atomic E-state index is 14.2. The van der Waals surface area contributed by atoms with Crippen LogP contribution in [0.1, 0.15) is 62.5 Å². The Morgan fingerprint density at radius 3 is 2.15 bits per heavy atom. The number of rotatable bonds is 5. The van der Waals surface area contributed by atoms with Crippen molar-refractivity contribution in [2.45, 2.75) is 94.5 Å². The molecule has 39 heavy (non-hydrogen) atoms. The molecule has 2 aromatic rings. The molecule has 3 fully saturated rings. The highest BCUT2D eigenvalue weighted by atomic mass is 19.4. The van der Waals surface area contributed by atoms with Gasteiger partial charge >= 0.3 is 18.3 Å². The molecule has 2 unspecified atom stereocenters. The van der Waals surface area contributed by atoms with Crippen LogP contribution in [0.25, 0.3) is 10.8 Å². The number of carboxylic acid groups (broad SMARTS) is 1. The number of alkyl halides is 6. The summed E-state index contributed by atoms with van der Waals surface area (Å²) in [4.78, 5) is 13.8. The lowest BCUT2D eigenvalue weighted by molar-refractivity contribution is -0.185. The molecule has 214 valence electrons. The van der Waals surface area contributed by atoms with E-state index in [1.807, 2.05) is 0 Å². The third kappa shape index (κ3) is 5.99. The lowest BCUT2D eigenvalue weighted by Gasteiger charge is -2.50. The highest BCUT2D eigenvalue weighted by molar-refractivity contribution is 5.89. The van der Waals surface area contributed by atoms with Crippen molar-refractivity contribution in [3.8, 4) is 5.75 Å². The largest absolute Gasteiger partial charge is 0.490 e. The monoisotopic (exact) mass is 558 g/mol. The van der Waals surface area contributed by atoms with Crippen LogP contribution in [0.5, 0.6) is 5.75 Å². The Bertz CT molecular complexity index is 1190. The molecule has 2 bridgehead atoms. The topological polar surface area (TPSA) is 75.8 Å². The van der Waals surface area contributed by atoms with Crippen molar-refractivity contribution in [2.75, 3.05) is 0 Å². The number of ether oxygens (including phenoxy) is 1. The molecule has 0 aromatic heterocycles. The molecule has 2 heterocycles. The first kappa shape index (κ1) is 28.0. The van der Waals surface area contributed by atoms with Crippen LogP contribution in [0.15, 0.2) is 30.3 Å². The van der Waals surface area contributed by atoms with Crippen LogP contribution in [0.4, 0.5) is 26.3 Å². The van der Waals surface area contributed by atoms with E-state index in [0.717, 1.165) is 5.56 Å². The fraction of sp³-hybridized carbons (Fsp3) is 0.607. The van der Waals surface area contributed by atoms with Crippen LogP contribution < -0.4 is 10.5 Å². The SMILES string of the molecule is NC1CC2CC(C(=O)O)CC(C1)N2Cc1ccc2c(C(F)(F)F)c(OC3CCC(C(F)(F)F)CC3)ccc2c1. The molecule has 0 spiro atoms. The van der Waals surface area contributed by atoms with Gasteiger partial charge in [-0.1, -0.05) is 18.2 Å². The number of aliphatic carboxylic acids is 1. The molecule has 0 amide bonds. The lowest BCUT2D eigenvalue weighted by Crippen LogP contribution is -2.57. The van der Waals surface area contributed by atoms with Crippen LogP contribution in [0, 0.1) is 11.8 Å². The predicted octanol–water partition coefficient (Wildman–Crippen LogP) is 6.51. The number of hydrogen-bond acceptors (Lipinski definition) is 4. The summed E-state index contributed by atoms with van der Waals surface area (Å²) in [6, 6.07) is 7.59. The van der Waals surface area contributed by atoms with Crippen molar-refractivity contribution >= 4 is 16.7 Å². The van der Waals surface area contributed by atoms with Gasteiger partial charge in [-0.05, 0) is 79.8 Å². The minimum Gasteiger partial charge on any atom is -0.490 e. The van der Waals surface area contributed by atoms with Crippen LogP contribution in [0.3, 0.4) is 0 Å². The Labute approximate surface area is 222 Å². The predicted molar refractivity (Wildman–Crippen MR) is 132 cm³/mol. The van der Waals surface area contributed by atoms with E-state index >= 15 is 0 Å². The second-order valence-electron chi connectivity index (χ2n) is 11.3. The molecule has 2 atom stereocenters. The smallest absolute Gasteiger partial charge is 0.420 e. The van der Waals surface area contributed by atoms with Gasteiger partial charge in [0, 0.05) is 24.7 Å². The van der Waals surface area contributed by atoms with Gasteiger partial charge in [-0.3, -0.25) is 9.69 Å². The summed E-state index contributed by atoms with van der Waals surface area (Å²) in [6.07, 6.45) is -7.62. The summed E-state index contributed by atoms with van der Waals surface area (Å²) in [5, 5.41) is 9.87. The Kier molecular flexibility index (Phi) is 7.52. The highest BCUT2D eigenvalue weighted by Gasteiger charge is 2.44. The summed E-state index contributed by atoms with van der Waals surface area (Å²) < 4.78 is 87.3. The van der Waals surface area contributed by atoms with Crippen LogP contribution in [0.2, 0.25) is 0 Å². The molecule has 0 radical (unpaired) electrons. The first-order valence-electron chi connectivity index (χ1n) is 13.4. The minimum atomic E-state index is -4.72. The van der Waals surface area contributed by atoms with E-state index in [-0.39, 0.29) is 54.9 Å². The van der Waals surface area contributed by atoms with Crippen molar-refractivity contribution in [1.29, 1.82) is 0 Å². The Balaban J connectivity index is 1.36. The first-order chi connectivity index (χ1) is 18.3. The summed E-state index contributed by atoms with van der Waals surface area (Å²) in [5.74, 6) is -3.04. The van der Waals surface area contributed by atoms with Crippen molar-refractivity contribution in [3.05, 3.63) is 41.5 Å². The zero-order valence-electron chi connectivity index (χ0n) is 21.3. The van der Waals surface area contributed by atoms with E-state index < -0.39 is 41.8 Å². The van der Waals surface area contributed by atoms with E-state index in [2.05, 4.69) is 4.90 Å². The second kappa shape index (κ2) is 10.5. The molecular weight excluding hydrogens is 526 g/mol. The van der Waals surface area contributed by atoms with Crippen LogP contribution >= 0.6 is 0 Å². The van der Waals surface area contributed by atoms with Gasteiger partial charge in [0.05, 0.1) is 17.9 Å². The van der Waals surface area contributed by atoms with Crippen molar-refractivity contribution in [1.82, 2.24) is 4.90 Å². The van der Waals surface area contributed by atoms with E-state index in [4.69, 9.17) is 10.5 Å². The van der Waals surface area contributed by atoms with Crippen LogP contribution in [-0.2, 0) is 17.5 Å². The van der Waals surface area contributed by atoms with Gasteiger partial charge in [-0.15, -0.1) is 0 Å². The highest BCUT2D eigenvalue weighted by Crippen LogP contribution is 2.44. The fourth-order valence-corrected chi connectivity index (χ4v) is 6.79. The lowest BCUT2D eigenvalue weighted by atomic mass is 9.76. The standard InChI is InChI=1S/C28H32F6N2O3/c29-27(30,31)18-3-5-22(6-4-18)39-24-8-2-16-9-15(1-7-23(16)25(24)28(32,33)34)14-36-20-10-17(26(37)38)11-21(36)13-19(35)12-20/h1-2,7-9,17-22H,3-6,10-14,35H2,(H,37,38). The number of hydrogen-bond donors (Lipinski definition) is 2. The van der Waals surface area contributed by atoms with Crippen molar-refractivity contribution in [3.63, 3.8) is 0 Å². The molecule has 5 nitrogen and oxygen atoms in total.